The van der Waals surface area contributed by atoms with E-state index in [-0.39, 0.29) is 6.04 Å². The Morgan fingerprint density at radius 2 is 1.55 bits per heavy atom. The average Bonchev–Trinajstić information content (AvgIpc) is 2.76. The van der Waals surface area contributed by atoms with Gasteiger partial charge in [-0.3, -0.25) is 4.98 Å². The van der Waals surface area contributed by atoms with Gasteiger partial charge in [-0.05, 0) is 55.3 Å². The molecule has 0 unspecified atom stereocenters. The molecule has 0 aliphatic carbocycles. The number of piperidine rings is 1. The molecular weight excluding hydrogens is 379 g/mol. The third kappa shape index (κ3) is 4.31. The summed E-state index contributed by atoms with van der Waals surface area (Å²) in [7, 11) is 0. The number of anilines is 3. The highest BCUT2D eigenvalue weighted by Gasteiger charge is 2.31. The van der Waals surface area contributed by atoms with E-state index in [9.17, 15) is 13.2 Å². The van der Waals surface area contributed by atoms with Gasteiger partial charge >= 0.3 is 6.18 Å². The van der Waals surface area contributed by atoms with Gasteiger partial charge in [0.1, 0.15) is 0 Å². The fourth-order valence-corrected chi connectivity index (χ4v) is 3.66. The fourth-order valence-electron chi connectivity index (χ4n) is 3.66. The van der Waals surface area contributed by atoms with E-state index in [4.69, 9.17) is 0 Å². The van der Waals surface area contributed by atoms with Gasteiger partial charge in [-0.15, -0.1) is 0 Å². The molecule has 0 radical (unpaired) electrons. The van der Waals surface area contributed by atoms with E-state index in [2.05, 4.69) is 24.8 Å². The van der Waals surface area contributed by atoms with Gasteiger partial charge in [0.2, 0.25) is 5.95 Å². The van der Waals surface area contributed by atoms with Gasteiger partial charge in [0.15, 0.2) is 0 Å². The Morgan fingerprint density at radius 1 is 0.862 bits per heavy atom. The first-order valence-corrected chi connectivity index (χ1v) is 9.41. The zero-order valence-electron chi connectivity index (χ0n) is 15.6. The molecule has 0 saturated carbocycles. The van der Waals surface area contributed by atoms with Gasteiger partial charge in [0.05, 0.1) is 17.4 Å². The number of benzene rings is 1. The van der Waals surface area contributed by atoms with E-state index in [0.29, 0.717) is 5.95 Å². The van der Waals surface area contributed by atoms with Crippen LogP contribution in [0.4, 0.5) is 30.5 Å². The summed E-state index contributed by atoms with van der Waals surface area (Å²) in [6, 6.07) is 11.0. The molecule has 0 spiro atoms. The molecule has 150 valence electrons. The van der Waals surface area contributed by atoms with Crippen molar-refractivity contribution in [3.05, 3.63) is 72.8 Å². The average molecular weight is 399 g/mol. The van der Waals surface area contributed by atoms with Crippen LogP contribution in [0.3, 0.4) is 0 Å². The Kier molecular flexibility index (Phi) is 5.33. The lowest BCUT2D eigenvalue weighted by atomic mass is 10.0. The zero-order chi connectivity index (χ0) is 20.3. The monoisotopic (exact) mass is 399 g/mol. The summed E-state index contributed by atoms with van der Waals surface area (Å²) in [6.45, 7) is 1.54. The maximum Gasteiger partial charge on any atom is 0.416 e. The van der Waals surface area contributed by atoms with E-state index in [0.717, 1.165) is 49.4 Å². The largest absolute Gasteiger partial charge is 0.416 e. The van der Waals surface area contributed by atoms with Crippen LogP contribution in [0.15, 0.2) is 67.3 Å². The molecule has 5 nitrogen and oxygen atoms in total. The van der Waals surface area contributed by atoms with Crippen molar-refractivity contribution in [3.63, 3.8) is 0 Å². The minimum Gasteiger partial charge on any atom is -0.341 e. The Hall–Kier alpha value is -3.16. The van der Waals surface area contributed by atoms with E-state index in [1.54, 1.807) is 30.9 Å². The first-order chi connectivity index (χ1) is 14.0. The van der Waals surface area contributed by atoms with Crippen LogP contribution < -0.4 is 9.80 Å². The van der Waals surface area contributed by atoms with E-state index >= 15 is 0 Å². The highest BCUT2D eigenvalue weighted by Crippen LogP contribution is 2.35. The van der Waals surface area contributed by atoms with Crippen molar-refractivity contribution in [2.45, 2.75) is 25.1 Å². The maximum atomic E-state index is 13.0. The van der Waals surface area contributed by atoms with Crippen molar-refractivity contribution < 1.29 is 13.2 Å². The van der Waals surface area contributed by atoms with Crippen molar-refractivity contribution >= 4 is 17.3 Å². The number of aromatic nitrogens is 3. The smallest absolute Gasteiger partial charge is 0.341 e. The second-order valence-electron chi connectivity index (χ2n) is 6.89. The second kappa shape index (κ2) is 8.06. The number of rotatable bonds is 4. The van der Waals surface area contributed by atoms with Crippen LogP contribution >= 0.6 is 0 Å². The molecule has 29 heavy (non-hydrogen) atoms. The molecule has 0 atom stereocenters. The van der Waals surface area contributed by atoms with Gasteiger partial charge in [0.25, 0.3) is 0 Å². The number of nitrogens with zero attached hydrogens (tertiary/aromatic N) is 5. The van der Waals surface area contributed by atoms with Crippen molar-refractivity contribution in [2.24, 2.45) is 0 Å². The van der Waals surface area contributed by atoms with Crippen LogP contribution in [-0.2, 0) is 6.18 Å². The first kappa shape index (κ1) is 19.2. The highest BCUT2D eigenvalue weighted by molar-refractivity contribution is 5.64. The SMILES string of the molecule is FC(F)(F)c1ccc(N(c2cccnc2)C2CCN(c3ncccn3)CC2)cc1. The Balaban J connectivity index is 1.58. The quantitative estimate of drug-likeness (QED) is 0.637. The molecule has 2 aromatic heterocycles. The summed E-state index contributed by atoms with van der Waals surface area (Å²) >= 11 is 0. The highest BCUT2D eigenvalue weighted by atomic mass is 19.4. The molecule has 0 bridgehead atoms. The van der Waals surface area contributed by atoms with Crippen LogP contribution in [0.1, 0.15) is 18.4 Å². The van der Waals surface area contributed by atoms with E-state index in [1.165, 1.54) is 12.1 Å². The van der Waals surface area contributed by atoms with Gasteiger partial charge in [-0.25, -0.2) is 9.97 Å². The van der Waals surface area contributed by atoms with Crippen LogP contribution in [0.25, 0.3) is 0 Å². The molecule has 0 amide bonds. The molecular formula is C21H20F3N5. The summed E-state index contributed by atoms with van der Waals surface area (Å²) in [4.78, 5) is 17.0. The van der Waals surface area contributed by atoms with Crippen molar-refractivity contribution in [1.29, 1.82) is 0 Å². The Bertz CT molecular complexity index is 909. The third-order valence-corrected chi connectivity index (χ3v) is 5.06. The molecule has 1 saturated heterocycles. The van der Waals surface area contributed by atoms with Gasteiger partial charge in [-0.2, -0.15) is 13.2 Å². The number of pyridine rings is 1. The lowest BCUT2D eigenvalue weighted by Crippen LogP contribution is -2.43. The van der Waals surface area contributed by atoms with E-state index in [1.807, 2.05) is 12.1 Å². The van der Waals surface area contributed by atoms with Crippen LogP contribution in [0, 0.1) is 0 Å². The van der Waals surface area contributed by atoms with Crippen molar-refractivity contribution in [2.75, 3.05) is 22.9 Å². The molecule has 0 N–H and O–H groups in total. The number of hydrogen-bond acceptors (Lipinski definition) is 5. The summed E-state index contributed by atoms with van der Waals surface area (Å²) in [5.41, 5.74) is 0.936. The van der Waals surface area contributed by atoms with Gasteiger partial charge in [0, 0.05) is 43.4 Å². The molecule has 8 heteroatoms. The lowest BCUT2D eigenvalue weighted by Gasteiger charge is -2.39. The molecule has 1 aliphatic heterocycles. The minimum absolute atomic E-state index is 0.135. The lowest BCUT2D eigenvalue weighted by molar-refractivity contribution is -0.137. The molecule has 4 rings (SSSR count). The Labute approximate surface area is 166 Å². The number of halogens is 3. The van der Waals surface area contributed by atoms with E-state index < -0.39 is 11.7 Å². The minimum atomic E-state index is -4.35. The predicted octanol–water partition coefficient (Wildman–Crippen LogP) is 4.70. The zero-order valence-corrected chi connectivity index (χ0v) is 15.6. The number of alkyl halides is 3. The molecule has 1 aromatic carbocycles. The van der Waals surface area contributed by atoms with Crippen LogP contribution in [0.2, 0.25) is 0 Å². The molecule has 3 aromatic rings. The maximum absolute atomic E-state index is 13.0. The first-order valence-electron chi connectivity index (χ1n) is 9.41. The summed E-state index contributed by atoms with van der Waals surface area (Å²) in [5, 5.41) is 0. The van der Waals surface area contributed by atoms with Crippen molar-refractivity contribution in [1.82, 2.24) is 15.0 Å². The third-order valence-electron chi connectivity index (χ3n) is 5.06. The van der Waals surface area contributed by atoms with Crippen LogP contribution in [-0.4, -0.2) is 34.1 Å². The fraction of sp³-hybridized carbons (Fsp3) is 0.286. The summed E-state index contributed by atoms with van der Waals surface area (Å²) < 4.78 is 38.9. The second-order valence-corrected chi connectivity index (χ2v) is 6.89. The normalized spacial score (nSPS) is 15.3. The molecule has 1 aliphatic rings. The standard InChI is InChI=1S/C21H20F3N5/c22-21(23,24)16-4-6-17(7-5-16)29(19-3-1-10-25-15-19)18-8-13-28(14-9-18)20-26-11-2-12-27-20/h1-7,10-12,15,18H,8-9,13-14H2. The van der Waals surface area contributed by atoms with Crippen LogP contribution in [0.5, 0.6) is 0 Å². The molecule has 3 heterocycles. The topological polar surface area (TPSA) is 45.2 Å². The molecule has 1 fully saturated rings. The van der Waals surface area contributed by atoms with Gasteiger partial charge in [-0.1, -0.05) is 0 Å². The van der Waals surface area contributed by atoms with Crippen molar-refractivity contribution in [3.8, 4) is 0 Å². The summed E-state index contributed by atoms with van der Waals surface area (Å²) in [6.07, 6.45) is 4.17. The summed E-state index contributed by atoms with van der Waals surface area (Å²) in [5.74, 6) is 0.702. The Morgan fingerprint density at radius 3 is 2.14 bits per heavy atom. The number of hydrogen-bond donors (Lipinski definition) is 0. The predicted molar refractivity (Wildman–Crippen MR) is 105 cm³/mol. The van der Waals surface area contributed by atoms with Gasteiger partial charge < -0.3 is 9.80 Å².